The van der Waals surface area contributed by atoms with Gasteiger partial charge in [-0.15, -0.1) is 11.3 Å². The maximum absolute atomic E-state index is 13.0. The predicted octanol–water partition coefficient (Wildman–Crippen LogP) is 1.12. The Bertz CT molecular complexity index is 1080. The second-order valence-corrected chi connectivity index (χ2v) is 9.19. The number of aromatic nitrogens is 3. The maximum Gasteiger partial charge on any atom is 0.271 e. The third kappa shape index (κ3) is 3.86. The zero-order valence-corrected chi connectivity index (χ0v) is 18.0. The number of fused-ring (bicyclic) bond motifs is 1. The molecule has 1 atom stereocenters. The van der Waals surface area contributed by atoms with E-state index in [9.17, 15) is 15.0 Å². The van der Waals surface area contributed by atoms with Gasteiger partial charge in [0.1, 0.15) is 5.69 Å². The van der Waals surface area contributed by atoms with Crippen LogP contribution in [0, 0.1) is 0 Å². The van der Waals surface area contributed by atoms with E-state index < -0.39 is 5.54 Å². The number of hydrogen-bond acceptors (Lipinski definition) is 8. The fourth-order valence-electron chi connectivity index (χ4n) is 4.40. The van der Waals surface area contributed by atoms with Crippen molar-refractivity contribution in [2.45, 2.75) is 30.9 Å². The molecule has 5 rings (SSSR count). The summed E-state index contributed by atoms with van der Waals surface area (Å²) in [6.07, 6.45) is 7.44. The van der Waals surface area contributed by atoms with Crippen LogP contribution >= 0.6 is 11.3 Å². The Labute approximate surface area is 184 Å². The van der Waals surface area contributed by atoms with Crippen molar-refractivity contribution in [2.24, 2.45) is 0 Å². The van der Waals surface area contributed by atoms with Crippen molar-refractivity contribution in [3.63, 3.8) is 0 Å². The summed E-state index contributed by atoms with van der Waals surface area (Å²) in [6.45, 7) is 2.50. The van der Waals surface area contributed by atoms with E-state index in [1.165, 1.54) is 11.3 Å². The number of amides is 1. The van der Waals surface area contributed by atoms with E-state index in [0.29, 0.717) is 38.0 Å². The molecular formula is C21H26N6O3S. The minimum atomic E-state index is -0.739. The van der Waals surface area contributed by atoms with E-state index in [0.717, 1.165) is 29.6 Å². The van der Waals surface area contributed by atoms with Gasteiger partial charge in [-0.2, -0.15) is 0 Å². The zero-order valence-electron chi connectivity index (χ0n) is 17.1. The molecule has 2 fully saturated rings. The number of thiazole rings is 1. The van der Waals surface area contributed by atoms with Gasteiger partial charge in [0, 0.05) is 50.1 Å². The molecule has 164 valence electrons. The maximum atomic E-state index is 13.0. The first-order valence-electron chi connectivity index (χ1n) is 10.6. The van der Waals surface area contributed by atoms with Crippen molar-refractivity contribution in [3.05, 3.63) is 41.8 Å². The molecular weight excluding hydrogens is 416 g/mol. The lowest BCUT2D eigenvalue weighted by molar-refractivity contribution is 0.0850. The average molecular weight is 443 g/mol. The summed E-state index contributed by atoms with van der Waals surface area (Å²) in [5, 5.41) is 25.5. The Morgan fingerprint density at radius 2 is 2.10 bits per heavy atom. The summed E-state index contributed by atoms with van der Waals surface area (Å²) in [4.78, 5) is 26.2. The van der Waals surface area contributed by atoms with Crippen molar-refractivity contribution < 1.29 is 15.0 Å². The van der Waals surface area contributed by atoms with Gasteiger partial charge in [0.2, 0.25) is 0 Å². The van der Waals surface area contributed by atoms with Crippen LogP contribution in [0.2, 0.25) is 0 Å². The number of rotatable bonds is 5. The van der Waals surface area contributed by atoms with Gasteiger partial charge in [0.15, 0.2) is 10.9 Å². The van der Waals surface area contributed by atoms with Crippen LogP contribution in [0.1, 0.15) is 29.8 Å². The lowest BCUT2D eigenvalue weighted by atomic mass is 10.00. The highest BCUT2D eigenvalue weighted by molar-refractivity contribution is 7.13. The van der Waals surface area contributed by atoms with E-state index in [4.69, 9.17) is 0 Å². The Morgan fingerprint density at radius 3 is 2.90 bits per heavy atom. The minimum absolute atomic E-state index is 0.152. The van der Waals surface area contributed by atoms with E-state index in [-0.39, 0.29) is 18.6 Å². The molecule has 5 heterocycles. The molecule has 0 bridgehead atoms. The molecule has 0 aromatic carbocycles. The molecule has 0 aliphatic carbocycles. The highest BCUT2D eigenvalue weighted by atomic mass is 32.1. The smallest absolute Gasteiger partial charge is 0.271 e. The number of anilines is 2. The third-order valence-corrected chi connectivity index (χ3v) is 7.13. The van der Waals surface area contributed by atoms with E-state index >= 15 is 0 Å². The molecule has 2 saturated heterocycles. The zero-order chi connectivity index (χ0) is 21.4. The van der Waals surface area contributed by atoms with Crippen LogP contribution in [-0.4, -0.2) is 74.9 Å². The summed E-state index contributed by atoms with van der Waals surface area (Å²) in [7, 11) is 0. The van der Waals surface area contributed by atoms with Gasteiger partial charge in [-0.3, -0.25) is 4.79 Å². The molecule has 3 aromatic rings. The fourth-order valence-corrected chi connectivity index (χ4v) is 5.26. The number of aliphatic hydroxyl groups is 2. The van der Waals surface area contributed by atoms with E-state index in [2.05, 4.69) is 25.1 Å². The lowest BCUT2D eigenvalue weighted by Gasteiger charge is -2.29. The Balaban J connectivity index is 1.29. The highest BCUT2D eigenvalue weighted by Gasteiger charge is 2.40. The molecule has 0 radical (unpaired) electrons. The summed E-state index contributed by atoms with van der Waals surface area (Å²) >= 11 is 1.44. The lowest BCUT2D eigenvalue weighted by Crippen LogP contribution is -2.53. The van der Waals surface area contributed by atoms with Crippen molar-refractivity contribution in [2.75, 3.05) is 42.6 Å². The molecule has 2 aliphatic heterocycles. The third-order valence-electron chi connectivity index (χ3n) is 6.23. The Morgan fingerprint density at radius 1 is 1.26 bits per heavy atom. The minimum Gasteiger partial charge on any atom is -0.394 e. The quantitative estimate of drug-likeness (QED) is 0.544. The van der Waals surface area contributed by atoms with Crippen LogP contribution in [0.4, 0.5) is 10.9 Å². The summed E-state index contributed by atoms with van der Waals surface area (Å²) in [5.41, 5.74) is 0.625. The second kappa shape index (κ2) is 8.10. The van der Waals surface area contributed by atoms with Gasteiger partial charge in [-0.1, -0.05) is 0 Å². The molecule has 3 N–H and O–H groups in total. The van der Waals surface area contributed by atoms with Crippen molar-refractivity contribution in [3.8, 4) is 0 Å². The van der Waals surface area contributed by atoms with Crippen LogP contribution in [-0.2, 0) is 0 Å². The number of hydrogen-bond donors (Lipinski definition) is 3. The SMILES string of the molecule is O=C(N[C@@]1(CO)CCN(c2nccn3cccc23)C1)c1csc(N2CCC(O)CC2)n1. The molecule has 31 heavy (non-hydrogen) atoms. The van der Waals surface area contributed by atoms with Crippen LogP contribution in [0.15, 0.2) is 36.1 Å². The summed E-state index contributed by atoms with van der Waals surface area (Å²) < 4.78 is 2.01. The van der Waals surface area contributed by atoms with Crippen molar-refractivity contribution in [1.82, 2.24) is 19.7 Å². The van der Waals surface area contributed by atoms with Crippen LogP contribution in [0.25, 0.3) is 5.52 Å². The highest BCUT2D eigenvalue weighted by Crippen LogP contribution is 2.29. The molecule has 2 aliphatic rings. The number of carbonyl (C=O) groups is 1. The first-order chi connectivity index (χ1) is 15.1. The predicted molar refractivity (Wildman–Crippen MR) is 119 cm³/mol. The number of nitrogens with one attached hydrogen (secondary N) is 1. The first kappa shape index (κ1) is 20.2. The number of carbonyl (C=O) groups excluding carboxylic acids is 1. The van der Waals surface area contributed by atoms with E-state index in [1.807, 2.05) is 28.9 Å². The van der Waals surface area contributed by atoms with Crippen LogP contribution in [0.5, 0.6) is 0 Å². The molecule has 0 spiro atoms. The molecule has 0 unspecified atom stereocenters. The first-order valence-corrected chi connectivity index (χ1v) is 11.4. The van der Waals surface area contributed by atoms with Gasteiger partial charge >= 0.3 is 0 Å². The molecule has 10 heteroatoms. The Kier molecular flexibility index (Phi) is 5.28. The fraction of sp³-hybridized carbons (Fsp3) is 0.476. The summed E-state index contributed by atoms with van der Waals surface area (Å²) in [6, 6.07) is 3.98. The monoisotopic (exact) mass is 442 g/mol. The van der Waals surface area contributed by atoms with Gasteiger partial charge in [0.25, 0.3) is 5.91 Å². The largest absolute Gasteiger partial charge is 0.394 e. The Hall–Kier alpha value is -2.69. The van der Waals surface area contributed by atoms with Crippen LogP contribution in [0.3, 0.4) is 0 Å². The molecule has 9 nitrogen and oxygen atoms in total. The summed E-state index contributed by atoms with van der Waals surface area (Å²) in [5.74, 6) is 0.574. The van der Waals surface area contributed by atoms with Gasteiger partial charge in [-0.25, -0.2) is 9.97 Å². The van der Waals surface area contributed by atoms with E-state index in [1.54, 1.807) is 11.6 Å². The number of piperidine rings is 1. The molecule has 0 saturated carbocycles. The average Bonchev–Trinajstić information content (AvgIpc) is 3.53. The topological polar surface area (TPSA) is 106 Å². The number of aliphatic hydroxyl groups excluding tert-OH is 2. The van der Waals surface area contributed by atoms with Crippen molar-refractivity contribution in [1.29, 1.82) is 0 Å². The molecule has 1 amide bonds. The van der Waals surface area contributed by atoms with Crippen molar-refractivity contribution >= 4 is 33.7 Å². The van der Waals surface area contributed by atoms with Crippen LogP contribution < -0.4 is 15.1 Å². The van der Waals surface area contributed by atoms with Gasteiger partial charge < -0.3 is 29.7 Å². The van der Waals surface area contributed by atoms with Gasteiger partial charge in [-0.05, 0) is 31.4 Å². The second-order valence-electron chi connectivity index (χ2n) is 8.35. The normalized spacial score (nSPS) is 22.4. The van der Waals surface area contributed by atoms with Gasteiger partial charge in [0.05, 0.1) is 23.8 Å². The number of nitrogens with zero attached hydrogens (tertiary/aromatic N) is 5. The standard InChI is InChI=1S/C21H26N6O3S/c28-14-21(5-10-27(13-21)18-17-2-1-7-25(17)11-6-22-18)24-19(30)16-12-31-20(23-16)26-8-3-15(29)4-9-26/h1-2,6-7,11-12,15,28-29H,3-5,8-10,13-14H2,(H,24,30)/t21-/m0/s1. The molecule has 3 aromatic heterocycles.